The van der Waals surface area contributed by atoms with Crippen molar-refractivity contribution >= 4 is 33.4 Å². The van der Waals surface area contributed by atoms with Gasteiger partial charge in [0.1, 0.15) is 5.75 Å². The fourth-order valence-electron chi connectivity index (χ4n) is 2.24. The molecule has 0 saturated heterocycles. The van der Waals surface area contributed by atoms with E-state index in [9.17, 15) is 13.2 Å². The Bertz CT molecular complexity index is 854. The average Bonchev–Trinajstić information content (AvgIpc) is 2.60. The minimum Gasteiger partial charge on any atom is -0.383 e. The van der Waals surface area contributed by atoms with Crippen LogP contribution in [-0.4, -0.2) is 45.9 Å². The Balaban J connectivity index is 2.06. The number of halogens is 1. The van der Waals surface area contributed by atoms with Crippen molar-refractivity contribution in [3.63, 3.8) is 0 Å². The van der Waals surface area contributed by atoms with E-state index in [0.717, 1.165) is 11.8 Å². The van der Waals surface area contributed by atoms with E-state index < -0.39 is 10.1 Å². The summed E-state index contributed by atoms with van der Waals surface area (Å²) >= 11 is 5.85. The number of carbonyl (C=O) groups is 1. The molecule has 2 rings (SSSR count). The quantitative estimate of drug-likeness (QED) is 0.672. The van der Waals surface area contributed by atoms with Gasteiger partial charge < -0.3 is 19.1 Å². The van der Waals surface area contributed by atoms with Crippen molar-refractivity contribution in [1.29, 1.82) is 0 Å². The van der Waals surface area contributed by atoms with Gasteiger partial charge in [0, 0.05) is 30.9 Å². The molecule has 0 aliphatic carbocycles. The molecule has 0 spiro atoms. The second-order valence-electron chi connectivity index (χ2n) is 5.78. The molecule has 7 nitrogen and oxygen atoms in total. The predicted molar refractivity (Wildman–Crippen MR) is 105 cm³/mol. The Kier molecular flexibility index (Phi) is 7.46. The average molecular weight is 413 g/mol. The molecule has 0 saturated carbocycles. The molecule has 27 heavy (non-hydrogen) atoms. The number of hydrogen-bond donors (Lipinski definition) is 1. The number of ether oxygens (including phenoxy) is 1. The molecule has 9 heteroatoms. The van der Waals surface area contributed by atoms with E-state index in [1.165, 1.54) is 0 Å². The lowest BCUT2D eigenvalue weighted by Crippen LogP contribution is -2.36. The smallest absolute Gasteiger partial charge is 0.322 e. The van der Waals surface area contributed by atoms with E-state index in [1.54, 1.807) is 60.5 Å². The molecule has 0 bridgehead atoms. The maximum Gasteiger partial charge on any atom is 0.322 e. The second-order valence-corrected chi connectivity index (χ2v) is 7.79. The molecule has 146 valence electrons. The highest BCUT2D eigenvalue weighted by Crippen LogP contribution is 2.17. The van der Waals surface area contributed by atoms with Gasteiger partial charge in [-0.05, 0) is 42.0 Å². The van der Waals surface area contributed by atoms with Crippen LogP contribution in [0.2, 0.25) is 5.02 Å². The molecule has 0 aliphatic heterocycles. The van der Waals surface area contributed by atoms with Crippen molar-refractivity contribution in [2.75, 3.05) is 31.8 Å². The standard InChI is InChI=1S/C18H21ClN2O5S/c1-25-12-11-21(18(22)20-16-7-5-15(19)6-8-16)13-14-3-9-17(10-4-14)26-27(2,23)24/h3-10H,11-13H2,1-2H3,(H,20,22). The van der Waals surface area contributed by atoms with Crippen molar-refractivity contribution < 1.29 is 22.1 Å². The van der Waals surface area contributed by atoms with E-state index in [0.29, 0.717) is 30.4 Å². The number of methoxy groups -OCH3 is 1. The third kappa shape index (κ3) is 7.46. The summed E-state index contributed by atoms with van der Waals surface area (Å²) in [4.78, 5) is 14.2. The summed E-state index contributed by atoms with van der Waals surface area (Å²) in [6.45, 7) is 1.09. The molecular weight excluding hydrogens is 392 g/mol. The van der Waals surface area contributed by atoms with Gasteiger partial charge in [0.25, 0.3) is 0 Å². The van der Waals surface area contributed by atoms with Gasteiger partial charge in [0.15, 0.2) is 0 Å². The van der Waals surface area contributed by atoms with Crippen LogP contribution in [0.1, 0.15) is 5.56 Å². The van der Waals surface area contributed by atoms with Crippen LogP contribution >= 0.6 is 11.6 Å². The normalized spacial score (nSPS) is 11.1. The number of nitrogens with zero attached hydrogens (tertiary/aromatic N) is 1. The maximum absolute atomic E-state index is 12.6. The minimum absolute atomic E-state index is 0.218. The SMILES string of the molecule is COCCN(Cc1ccc(OS(C)(=O)=O)cc1)C(=O)Nc1ccc(Cl)cc1. The first-order chi connectivity index (χ1) is 12.8. The van der Waals surface area contributed by atoms with Crippen LogP contribution in [0.15, 0.2) is 48.5 Å². The summed E-state index contributed by atoms with van der Waals surface area (Å²) in [5.41, 5.74) is 1.45. The summed E-state index contributed by atoms with van der Waals surface area (Å²) in [5.74, 6) is 0.218. The zero-order chi connectivity index (χ0) is 19.9. The first-order valence-corrected chi connectivity index (χ1v) is 10.2. The number of hydrogen-bond acceptors (Lipinski definition) is 5. The first kappa shape index (κ1) is 21.0. The van der Waals surface area contributed by atoms with E-state index in [2.05, 4.69) is 5.32 Å². The van der Waals surface area contributed by atoms with E-state index in [-0.39, 0.29) is 11.8 Å². The molecule has 2 aromatic carbocycles. The number of anilines is 1. The van der Waals surface area contributed by atoms with E-state index in [1.807, 2.05) is 0 Å². The molecule has 0 radical (unpaired) electrons. The molecule has 0 fully saturated rings. The maximum atomic E-state index is 12.6. The van der Waals surface area contributed by atoms with Gasteiger partial charge in [0.05, 0.1) is 12.9 Å². The van der Waals surface area contributed by atoms with E-state index >= 15 is 0 Å². The van der Waals surface area contributed by atoms with Gasteiger partial charge >= 0.3 is 16.1 Å². The minimum atomic E-state index is -3.58. The highest BCUT2D eigenvalue weighted by atomic mass is 35.5. The van der Waals surface area contributed by atoms with Crippen LogP contribution in [0, 0.1) is 0 Å². The third-order valence-corrected chi connectivity index (χ3v) is 4.24. The number of amides is 2. The fraction of sp³-hybridized carbons (Fsp3) is 0.278. The third-order valence-electron chi connectivity index (χ3n) is 3.49. The fourth-order valence-corrected chi connectivity index (χ4v) is 2.82. The van der Waals surface area contributed by atoms with Crippen molar-refractivity contribution in [2.45, 2.75) is 6.54 Å². The second kappa shape index (κ2) is 9.59. The molecular formula is C18H21ClN2O5S. The zero-order valence-corrected chi connectivity index (χ0v) is 16.6. The Morgan fingerprint density at radius 3 is 2.30 bits per heavy atom. The van der Waals surface area contributed by atoms with Crippen LogP contribution in [-0.2, 0) is 21.4 Å². The predicted octanol–water partition coefficient (Wildman–Crippen LogP) is 3.36. The van der Waals surface area contributed by atoms with Gasteiger partial charge in [-0.2, -0.15) is 8.42 Å². The van der Waals surface area contributed by atoms with Gasteiger partial charge in [-0.3, -0.25) is 0 Å². The van der Waals surface area contributed by atoms with Crippen molar-refractivity contribution in [3.8, 4) is 5.75 Å². The zero-order valence-electron chi connectivity index (χ0n) is 15.0. The molecule has 2 amide bonds. The molecule has 1 N–H and O–H groups in total. The lowest BCUT2D eigenvalue weighted by molar-refractivity contribution is 0.153. The summed E-state index contributed by atoms with van der Waals surface area (Å²) in [6, 6.07) is 13.0. The lowest BCUT2D eigenvalue weighted by Gasteiger charge is -2.23. The molecule has 0 atom stereocenters. The van der Waals surface area contributed by atoms with Crippen LogP contribution in [0.3, 0.4) is 0 Å². The van der Waals surface area contributed by atoms with Gasteiger partial charge in [-0.1, -0.05) is 23.7 Å². The van der Waals surface area contributed by atoms with Crippen LogP contribution < -0.4 is 9.50 Å². The molecule has 0 aliphatic rings. The van der Waals surface area contributed by atoms with Gasteiger partial charge in [-0.15, -0.1) is 0 Å². The highest BCUT2D eigenvalue weighted by molar-refractivity contribution is 7.86. The molecule has 0 aromatic heterocycles. The number of urea groups is 1. The number of nitrogens with one attached hydrogen (secondary N) is 1. The Morgan fingerprint density at radius 2 is 1.74 bits per heavy atom. The number of benzene rings is 2. The topological polar surface area (TPSA) is 84.9 Å². The summed E-state index contributed by atoms with van der Waals surface area (Å²) in [5, 5.41) is 3.39. The summed E-state index contributed by atoms with van der Waals surface area (Å²) < 4.78 is 32.2. The van der Waals surface area contributed by atoms with E-state index in [4.69, 9.17) is 20.5 Å². The molecule has 2 aromatic rings. The monoisotopic (exact) mass is 412 g/mol. The lowest BCUT2D eigenvalue weighted by atomic mass is 10.2. The largest absolute Gasteiger partial charge is 0.383 e. The van der Waals surface area contributed by atoms with Crippen LogP contribution in [0.5, 0.6) is 5.75 Å². The van der Waals surface area contributed by atoms with Crippen molar-refractivity contribution in [3.05, 3.63) is 59.1 Å². The Hall–Kier alpha value is -2.29. The van der Waals surface area contributed by atoms with Gasteiger partial charge in [-0.25, -0.2) is 4.79 Å². The summed E-state index contributed by atoms with van der Waals surface area (Å²) in [7, 11) is -2.01. The molecule has 0 heterocycles. The Morgan fingerprint density at radius 1 is 1.11 bits per heavy atom. The number of carbonyl (C=O) groups excluding carboxylic acids is 1. The van der Waals surface area contributed by atoms with Gasteiger partial charge in [0.2, 0.25) is 0 Å². The number of rotatable bonds is 8. The van der Waals surface area contributed by atoms with Crippen molar-refractivity contribution in [2.24, 2.45) is 0 Å². The summed E-state index contributed by atoms with van der Waals surface area (Å²) in [6.07, 6.45) is 0.981. The van der Waals surface area contributed by atoms with Crippen LogP contribution in [0.4, 0.5) is 10.5 Å². The van der Waals surface area contributed by atoms with Crippen molar-refractivity contribution in [1.82, 2.24) is 4.90 Å². The first-order valence-electron chi connectivity index (χ1n) is 8.05. The highest BCUT2D eigenvalue weighted by Gasteiger charge is 2.14. The van der Waals surface area contributed by atoms with Crippen LogP contribution in [0.25, 0.3) is 0 Å². The Labute approximate surface area is 164 Å². The molecule has 0 unspecified atom stereocenters.